The zero-order valence-corrected chi connectivity index (χ0v) is 10.2. The van der Waals surface area contributed by atoms with E-state index in [1.54, 1.807) is 19.4 Å². The van der Waals surface area contributed by atoms with E-state index in [4.69, 9.17) is 9.84 Å². The lowest BCUT2D eigenvalue weighted by molar-refractivity contribution is -0.148. The zero-order valence-electron chi connectivity index (χ0n) is 10.2. The molecule has 1 unspecified atom stereocenters. The van der Waals surface area contributed by atoms with Crippen LogP contribution in [0.15, 0.2) is 12.4 Å². The van der Waals surface area contributed by atoms with Crippen LogP contribution in [0.4, 0.5) is 4.79 Å². The lowest BCUT2D eigenvalue weighted by atomic mass is 10.3. The van der Waals surface area contributed by atoms with E-state index in [2.05, 4.69) is 15.3 Å². The Morgan fingerprint density at radius 3 is 2.89 bits per heavy atom. The fourth-order valence-electron chi connectivity index (χ4n) is 1.27. The summed E-state index contributed by atoms with van der Waals surface area (Å²) in [4.78, 5) is 30.5. The number of carboxylic acids is 1. The van der Waals surface area contributed by atoms with Crippen molar-refractivity contribution in [3.63, 3.8) is 0 Å². The SMILES string of the molecule is COC(CNC(=O)N(C)Cc1ncc[nH]1)C(=O)O. The molecule has 3 N–H and O–H groups in total. The van der Waals surface area contributed by atoms with E-state index in [9.17, 15) is 9.59 Å². The van der Waals surface area contributed by atoms with Gasteiger partial charge in [-0.3, -0.25) is 0 Å². The third-order valence-corrected chi connectivity index (χ3v) is 2.29. The van der Waals surface area contributed by atoms with E-state index < -0.39 is 18.1 Å². The molecule has 0 aliphatic rings. The lowest BCUT2D eigenvalue weighted by Gasteiger charge is -2.18. The smallest absolute Gasteiger partial charge is 0.334 e. The van der Waals surface area contributed by atoms with Crippen molar-refractivity contribution in [1.82, 2.24) is 20.2 Å². The molecule has 0 aliphatic carbocycles. The van der Waals surface area contributed by atoms with Gasteiger partial charge in [-0.05, 0) is 0 Å². The molecule has 0 bridgehead atoms. The number of methoxy groups -OCH3 is 1. The summed E-state index contributed by atoms with van der Waals surface area (Å²) >= 11 is 0. The number of aromatic nitrogens is 2. The normalized spacial score (nSPS) is 11.9. The fourth-order valence-corrected chi connectivity index (χ4v) is 1.27. The van der Waals surface area contributed by atoms with Gasteiger partial charge in [0.25, 0.3) is 0 Å². The first-order valence-corrected chi connectivity index (χ1v) is 5.27. The van der Waals surface area contributed by atoms with Gasteiger partial charge < -0.3 is 25.0 Å². The molecule has 18 heavy (non-hydrogen) atoms. The lowest BCUT2D eigenvalue weighted by Crippen LogP contribution is -2.43. The third kappa shape index (κ3) is 4.06. The van der Waals surface area contributed by atoms with Crippen LogP contribution in [0.25, 0.3) is 0 Å². The van der Waals surface area contributed by atoms with Crippen molar-refractivity contribution in [3.8, 4) is 0 Å². The van der Waals surface area contributed by atoms with Crippen molar-refractivity contribution in [1.29, 1.82) is 0 Å². The number of nitrogens with zero attached hydrogens (tertiary/aromatic N) is 2. The Kier molecular flexibility index (Phi) is 5.12. The van der Waals surface area contributed by atoms with E-state index >= 15 is 0 Å². The molecule has 1 rings (SSSR count). The highest BCUT2D eigenvalue weighted by Crippen LogP contribution is 1.96. The number of carbonyl (C=O) groups excluding carboxylic acids is 1. The van der Waals surface area contributed by atoms with Gasteiger partial charge in [0, 0.05) is 26.6 Å². The van der Waals surface area contributed by atoms with Crippen molar-refractivity contribution in [3.05, 3.63) is 18.2 Å². The van der Waals surface area contributed by atoms with Gasteiger partial charge in [-0.2, -0.15) is 0 Å². The van der Waals surface area contributed by atoms with Crippen LogP contribution in [0.3, 0.4) is 0 Å². The molecule has 8 heteroatoms. The van der Waals surface area contributed by atoms with Gasteiger partial charge in [0.1, 0.15) is 5.82 Å². The summed E-state index contributed by atoms with van der Waals surface area (Å²) < 4.78 is 4.70. The number of H-pyrrole nitrogens is 1. The molecule has 0 aromatic carbocycles. The van der Waals surface area contributed by atoms with Crippen LogP contribution in [-0.4, -0.2) is 58.8 Å². The second-order valence-corrected chi connectivity index (χ2v) is 3.64. The van der Waals surface area contributed by atoms with Crippen LogP contribution in [0.1, 0.15) is 5.82 Å². The molecule has 0 fully saturated rings. The van der Waals surface area contributed by atoms with Crippen LogP contribution >= 0.6 is 0 Å². The number of nitrogens with one attached hydrogen (secondary N) is 2. The number of carbonyl (C=O) groups is 2. The molecule has 2 amide bonds. The average Bonchev–Trinajstić information content (AvgIpc) is 2.81. The van der Waals surface area contributed by atoms with Gasteiger partial charge in [-0.1, -0.05) is 0 Å². The number of hydrogen-bond donors (Lipinski definition) is 3. The molecular formula is C10H16N4O4. The molecule has 0 saturated carbocycles. The molecule has 1 atom stereocenters. The van der Waals surface area contributed by atoms with Crippen LogP contribution in [0.5, 0.6) is 0 Å². The highest BCUT2D eigenvalue weighted by Gasteiger charge is 2.18. The first-order valence-electron chi connectivity index (χ1n) is 5.27. The molecular weight excluding hydrogens is 240 g/mol. The summed E-state index contributed by atoms with van der Waals surface area (Å²) in [6.45, 7) is 0.219. The molecule has 0 saturated heterocycles. The maximum absolute atomic E-state index is 11.6. The molecule has 8 nitrogen and oxygen atoms in total. The van der Waals surface area contributed by atoms with Crippen LogP contribution < -0.4 is 5.32 Å². The minimum atomic E-state index is -1.12. The number of carboxylic acid groups (broad SMARTS) is 1. The topological polar surface area (TPSA) is 108 Å². The monoisotopic (exact) mass is 256 g/mol. The third-order valence-electron chi connectivity index (χ3n) is 2.29. The van der Waals surface area contributed by atoms with Crippen molar-refractivity contribution in [2.45, 2.75) is 12.6 Å². The Bertz CT molecular complexity index is 393. The number of imidazole rings is 1. The van der Waals surface area contributed by atoms with Gasteiger partial charge in [0.15, 0.2) is 6.10 Å². The molecule has 0 radical (unpaired) electrons. The van der Waals surface area contributed by atoms with Crippen LogP contribution in [0, 0.1) is 0 Å². The summed E-state index contributed by atoms with van der Waals surface area (Å²) in [7, 11) is 2.86. The predicted octanol–water partition coefficient (Wildman–Crippen LogP) is -0.349. The summed E-state index contributed by atoms with van der Waals surface area (Å²) in [6.07, 6.45) is 2.20. The quantitative estimate of drug-likeness (QED) is 0.645. The Labute approximate surface area is 104 Å². The van der Waals surface area contributed by atoms with E-state index in [1.807, 2.05) is 0 Å². The first-order chi connectivity index (χ1) is 8.54. The fraction of sp³-hybridized carbons (Fsp3) is 0.500. The number of aliphatic carboxylic acids is 1. The van der Waals surface area contributed by atoms with Crippen LogP contribution in [0.2, 0.25) is 0 Å². The van der Waals surface area contributed by atoms with Gasteiger partial charge in [-0.15, -0.1) is 0 Å². The summed E-state index contributed by atoms with van der Waals surface area (Å²) in [5.74, 6) is -0.472. The minimum Gasteiger partial charge on any atom is -0.479 e. The van der Waals surface area contributed by atoms with Crippen molar-refractivity contribution in [2.24, 2.45) is 0 Å². The number of amides is 2. The second-order valence-electron chi connectivity index (χ2n) is 3.64. The second kappa shape index (κ2) is 6.60. The minimum absolute atomic E-state index is 0.0901. The first kappa shape index (κ1) is 14.0. The predicted molar refractivity (Wildman–Crippen MR) is 61.9 cm³/mol. The highest BCUT2D eigenvalue weighted by molar-refractivity contribution is 5.76. The van der Waals surface area contributed by atoms with Gasteiger partial charge in [-0.25, -0.2) is 14.6 Å². The summed E-state index contributed by atoms with van der Waals surface area (Å²) in [5, 5.41) is 11.2. The zero-order chi connectivity index (χ0) is 13.5. The molecule has 1 heterocycles. The molecule has 100 valence electrons. The van der Waals surface area contributed by atoms with E-state index in [0.717, 1.165) is 0 Å². The molecule has 0 spiro atoms. The highest BCUT2D eigenvalue weighted by atomic mass is 16.5. The van der Waals surface area contributed by atoms with Crippen molar-refractivity contribution in [2.75, 3.05) is 20.7 Å². The molecule has 1 aromatic heterocycles. The van der Waals surface area contributed by atoms with Gasteiger partial charge >= 0.3 is 12.0 Å². The average molecular weight is 256 g/mol. The van der Waals surface area contributed by atoms with Gasteiger partial charge in [0.05, 0.1) is 13.1 Å². The summed E-state index contributed by atoms with van der Waals surface area (Å²) in [5.41, 5.74) is 0. The maximum atomic E-state index is 11.6. The van der Waals surface area contributed by atoms with E-state index in [1.165, 1.54) is 12.0 Å². The molecule has 0 aliphatic heterocycles. The number of hydrogen-bond acceptors (Lipinski definition) is 4. The van der Waals surface area contributed by atoms with E-state index in [-0.39, 0.29) is 6.54 Å². The maximum Gasteiger partial charge on any atom is 0.334 e. The van der Waals surface area contributed by atoms with Crippen LogP contribution in [-0.2, 0) is 16.1 Å². The Morgan fingerprint density at radius 1 is 1.67 bits per heavy atom. The number of aromatic amines is 1. The summed E-state index contributed by atoms with van der Waals surface area (Å²) in [6, 6.07) is -0.394. The Balaban J connectivity index is 2.38. The number of ether oxygens (including phenoxy) is 1. The number of urea groups is 1. The van der Waals surface area contributed by atoms with E-state index in [0.29, 0.717) is 12.4 Å². The van der Waals surface area contributed by atoms with Gasteiger partial charge in [0.2, 0.25) is 0 Å². The standard InChI is InChI=1S/C10H16N4O4/c1-14(6-8-11-3-4-12-8)10(17)13-5-7(18-2)9(15)16/h3-4,7H,5-6H2,1-2H3,(H,11,12)(H,13,17)(H,15,16). The Morgan fingerprint density at radius 2 is 2.39 bits per heavy atom. The molecule has 1 aromatic rings. The van der Waals surface area contributed by atoms with Crippen molar-refractivity contribution >= 4 is 12.0 Å². The number of rotatable bonds is 6. The Hall–Kier alpha value is -2.09. The largest absolute Gasteiger partial charge is 0.479 e. The van der Waals surface area contributed by atoms with Crippen molar-refractivity contribution < 1.29 is 19.4 Å².